The van der Waals surface area contributed by atoms with E-state index in [1.807, 2.05) is 40.9 Å². The minimum atomic E-state index is 0.658. The molecule has 0 aliphatic carbocycles. The number of nitriles is 1. The zero-order valence-electron chi connectivity index (χ0n) is 24.7. The van der Waals surface area contributed by atoms with Crippen molar-refractivity contribution in [1.82, 2.24) is 0 Å². The Morgan fingerprint density at radius 1 is 0.413 bits per heavy atom. The summed E-state index contributed by atoms with van der Waals surface area (Å²) in [6, 6.07) is 56.7. The van der Waals surface area contributed by atoms with Gasteiger partial charge < -0.3 is 0 Å². The van der Waals surface area contributed by atoms with Crippen LogP contribution in [0.3, 0.4) is 0 Å². The molecule has 0 atom stereocenters. The van der Waals surface area contributed by atoms with Crippen molar-refractivity contribution in [3.8, 4) is 50.6 Å². The Morgan fingerprint density at radius 3 is 1.85 bits per heavy atom. The topological polar surface area (TPSA) is 23.8 Å². The summed E-state index contributed by atoms with van der Waals surface area (Å²) in [6.07, 6.45) is 0. The summed E-state index contributed by atoms with van der Waals surface area (Å²) in [4.78, 5) is 0. The molecule has 0 bridgehead atoms. The first-order chi connectivity index (χ1) is 22.8. The largest absolute Gasteiger partial charge is 0.192 e. The fraction of sp³-hybridized carbons (Fsp3) is 0. The Morgan fingerprint density at radius 2 is 1.02 bits per heavy atom. The zero-order valence-corrected chi connectivity index (χ0v) is 26.3. The number of nitrogens with zero attached hydrogens (tertiary/aromatic N) is 1. The third-order valence-electron chi connectivity index (χ3n) is 8.91. The monoisotopic (exact) mass is 619 g/mol. The van der Waals surface area contributed by atoms with Crippen LogP contribution in [0.2, 0.25) is 0 Å². The van der Waals surface area contributed by atoms with Gasteiger partial charge in [0.2, 0.25) is 0 Å². The molecule has 3 heteroatoms. The maximum absolute atomic E-state index is 9.80. The van der Waals surface area contributed by atoms with E-state index in [0.717, 1.165) is 11.1 Å². The Labute approximate surface area is 274 Å². The van der Waals surface area contributed by atoms with Crippen LogP contribution in [-0.2, 0) is 0 Å². The van der Waals surface area contributed by atoms with Crippen molar-refractivity contribution in [2.24, 2.45) is 0 Å². The minimum Gasteiger partial charge on any atom is -0.192 e. The summed E-state index contributed by atoms with van der Waals surface area (Å²) in [6.45, 7) is 0. The second kappa shape index (κ2) is 10.8. The van der Waals surface area contributed by atoms with Crippen LogP contribution >= 0.6 is 22.7 Å². The van der Waals surface area contributed by atoms with Gasteiger partial charge in [-0.05, 0) is 81.4 Å². The summed E-state index contributed by atoms with van der Waals surface area (Å²) >= 11 is 3.71. The van der Waals surface area contributed by atoms with Crippen LogP contribution in [0.15, 0.2) is 152 Å². The SMILES string of the molecule is N#Cc1cccc(-c2cc(-c3cccc4c3sc3ccccc34)c(-c3ccccc3)c(-c3cccc4sc5ccccc5c34)c2)c1. The number of hydrogen-bond acceptors (Lipinski definition) is 3. The van der Waals surface area contributed by atoms with Gasteiger partial charge in [-0.15, -0.1) is 22.7 Å². The van der Waals surface area contributed by atoms with Gasteiger partial charge in [0.1, 0.15) is 0 Å². The van der Waals surface area contributed by atoms with Crippen molar-refractivity contribution in [2.45, 2.75) is 0 Å². The van der Waals surface area contributed by atoms with Crippen LogP contribution in [0.1, 0.15) is 5.56 Å². The van der Waals surface area contributed by atoms with Crippen molar-refractivity contribution >= 4 is 63.0 Å². The van der Waals surface area contributed by atoms with Crippen LogP contribution in [0, 0.1) is 11.3 Å². The molecule has 2 heterocycles. The van der Waals surface area contributed by atoms with Crippen LogP contribution in [-0.4, -0.2) is 0 Å². The highest BCUT2D eigenvalue weighted by atomic mass is 32.1. The summed E-state index contributed by atoms with van der Waals surface area (Å²) in [7, 11) is 0. The fourth-order valence-corrected chi connectivity index (χ4v) is 9.24. The lowest BCUT2D eigenvalue weighted by molar-refractivity contribution is 1.48. The molecule has 1 nitrogen and oxygen atoms in total. The first kappa shape index (κ1) is 26.8. The first-order valence-corrected chi connectivity index (χ1v) is 17.0. The van der Waals surface area contributed by atoms with Gasteiger partial charge in [-0.1, -0.05) is 109 Å². The molecule has 0 aliphatic rings. The third-order valence-corrected chi connectivity index (χ3v) is 11.3. The van der Waals surface area contributed by atoms with E-state index in [2.05, 4.69) is 140 Å². The molecule has 9 aromatic rings. The molecule has 7 aromatic carbocycles. The molecule has 0 aliphatic heterocycles. The van der Waals surface area contributed by atoms with E-state index in [-0.39, 0.29) is 0 Å². The van der Waals surface area contributed by atoms with Gasteiger partial charge in [0.15, 0.2) is 0 Å². The van der Waals surface area contributed by atoms with E-state index in [0.29, 0.717) is 5.56 Å². The molecule has 0 N–H and O–H groups in total. The fourth-order valence-electron chi connectivity index (χ4n) is 6.88. The van der Waals surface area contributed by atoms with E-state index < -0.39 is 0 Å². The summed E-state index contributed by atoms with van der Waals surface area (Å²) < 4.78 is 5.15. The highest BCUT2D eigenvalue weighted by Gasteiger charge is 2.22. The van der Waals surface area contributed by atoms with E-state index in [1.165, 1.54) is 73.7 Å². The molecule has 0 amide bonds. The van der Waals surface area contributed by atoms with Gasteiger partial charge in [-0.25, -0.2) is 0 Å². The Balaban J connectivity index is 1.46. The van der Waals surface area contributed by atoms with Crippen molar-refractivity contribution in [1.29, 1.82) is 5.26 Å². The second-order valence-electron chi connectivity index (χ2n) is 11.6. The highest BCUT2D eigenvalue weighted by Crippen LogP contribution is 2.50. The first-order valence-electron chi connectivity index (χ1n) is 15.3. The molecule has 0 spiro atoms. The zero-order chi connectivity index (χ0) is 30.6. The highest BCUT2D eigenvalue weighted by molar-refractivity contribution is 7.26. The van der Waals surface area contributed by atoms with Gasteiger partial charge in [0.25, 0.3) is 0 Å². The number of thiophene rings is 2. The van der Waals surface area contributed by atoms with E-state index in [1.54, 1.807) is 0 Å². The van der Waals surface area contributed by atoms with Gasteiger partial charge in [0, 0.05) is 45.9 Å². The Hall–Kier alpha value is -5.53. The Kier molecular flexibility index (Phi) is 6.31. The summed E-state index contributed by atoms with van der Waals surface area (Å²) in [5.74, 6) is 0. The lowest BCUT2D eigenvalue weighted by atomic mass is 9.83. The molecule has 9 rings (SSSR count). The smallest absolute Gasteiger partial charge is 0.0991 e. The standard InChI is InChI=1S/C43H25NS2/c44-26-27-11-8-14-29(23-27)30-24-36(32-17-10-22-40-42(32)35-16-5-7-21-39(35)45-40)41(28-12-2-1-3-13-28)37(25-30)34-19-9-18-33-31-15-4-6-20-38(31)46-43(33)34/h1-25H. The van der Waals surface area contributed by atoms with Crippen molar-refractivity contribution < 1.29 is 0 Å². The molecule has 2 aromatic heterocycles. The average molecular weight is 620 g/mol. The molecule has 0 saturated carbocycles. The van der Waals surface area contributed by atoms with Gasteiger partial charge in [-0.3, -0.25) is 0 Å². The average Bonchev–Trinajstić information content (AvgIpc) is 3.70. The van der Waals surface area contributed by atoms with Crippen LogP contribution < -0.4 is 0 Å². The summed E-state index contributed by atoms with van der Waals surface area (Å²) in [5, 5.41) is 14.9. The predicted octanol–water partition coefficient (Wildman–Crippen LogP) is 13.0. The van der Waals surface area contributed by atoms with Crippen LogP contribution in [0.5, 0.6) is 0 Å². The lowest BCUT2D eigenvalue weighted by Crippen LogP contribution is -1.94. The van der Waals surface area contributed by atoms with Crippen LogP contribution in [0.25, 0.3) is 84.9 Å². The third kappa shape index (κ3) is 4.27. The van der Waals surface area contributed by atoms with Crippen molar-refractivity contribution in [3.63, 3.8) is 0 Å². The second-order valence-corrected chi connectivity index (χ2v) is 13.7. The van der Waals surface area contributed by atoms with Crippen LogP contribution in [0.4, 0.5) is 0 Å². The molecular formula is C43H25NS2. The maximum Gasteiger partial charge on any atom is 0.0991 e. The quantitative estimate of drug-likeness (QED) is 0.192. The van der Waals surface area contributed by atoms with Crippen molar-refractivity contribution in [2.75, 3.05) is 0 Å². The number of fused-ring (bicyclic) bond motifs is 6. The molecule has 0 radical (unpaired) electrons. The minimum absolute atomic E-state index is 0.658. The molecule has 0 unspecified atom stereocenters. The van der Waals surface area contributed by atoms with E-state index in [9.17, 15) is 5.26 Å². The number of rotatable bonds is 4. The predicted molar refractivity (Wildman–Crippen MR) is 199 cm³/mol. The molecule has 46 heavy (non-hydrogen) atoms. The maximum atomic E-state index is 9.80. The molecule has 214 valence electrons. The number of benzene rings is 7. The Bertz CT molecular complexity index is 2650. The van der Waals surface area contributed by atoms with E-state index >= 15 is 0 Å². The normalized spacial score (nSPS) is 11.5. The summed E-state index contributed by atoms with van der Waals surface area (Å²) in [5.41, 5.74) is 10.0. The molecule has 0 saturated heterocycles. The van der Waals surface area contributed by atoms with Gasteiger partial charge in [0.05, 0.1) is 11.6 Å². The molecule has 0 fully saturated rings. The van der Waals surface area contributed by atoms with Gasteiger partial charge >= 0.3 is 0 Å². The van der Waals surface area contributed by atoms with Crippen molar-refractivity contribution in [3.05, 3.63) is 157 Å². The lowest BCUT2D eigenvalue weighted by Gasteiger charge is -2.20. The molecular weight excluding hydrogens is 595 g/mol. The van der Waals surface area contributed by atoms with Gasteiger partial charge in [-0.2, -0.15) is 5.26 Å². The van der Waals surface area contributed by atoms with E-state index in [4.69, 9.17) is 0 Å². The number of hydrogen-bond donors (Lipinski definition) is 0.